The molecule has 0 aromatic heterocycles. The second kappa shape index (κ2) is 9.53. The maximum absolute atomic E-state index is 13.2. The van der Waals surface area contributed by atoms with Crippen molar-refractivity contribution >= 4 is 24.2 Å². The molecule has 0 bridgehead atoms. The third kappa shape index (κ3) is 4.87. The Morgan fingerprint density at radius 2 is 1.67 bits per heavy atom. The standard InChI is InChI=1S/C21H25N3O2.ClH/c1-2-19(25)23-20(16-11-7-4-8-12-16)21(26)24-13-17(18(22)14-24)15-9-5-3-6-10-15;/h3-12,17-18,20H,2,13-14,22H2,1H3,(H,23,25);1H/t17-,18+,20?;/m0./s1. The van der Waals surface area contributed by atoms with Gasteiger partial charge >= 0.3 is 0 Å². The maximum Gasteiger partial charge on any atom is 0.249 e. The van der Waals surface area contributed by atoms with Crippen LogP contribution in [0.5, 0.6) is 0 Å². The minimum absolute atomic E-state index is 0. The smallest absolute Gasteiger partial charge is 0.249 e. The molecule has 1 unspecified atom stereocenters. The van der Waals surface area contributed by atoms with Crippen molar-refractivity contribution in [2.24, 2.45) is 5.73 Å². The molecule has 2 amide bonds. The summed E-state index contributed by atoms with van der Waals surface area (Å²) in [5.41, 5.74) is 8.25. The number of benzene rings is 2. The number of likely N-dealkylation sites (tertiary alicyclic amines) is 1. The summed E-state index contributed by atoms with van der Waals surface area (Å²) in [6.45, 7) is 2.83. The lowest BCUT2D eigenvalue weighted by atomic mass is 9.95. The van der Waals surface area contributed by atoms with Crippen molar-refractivity contribution in [3.8, 4) is 0 Å². The molecule has 1 heterocycles. The highest BCUT2D eigenvalue weighted by Gasteiger charge is 2.37. The molecule has 1 aliphatic rings. The van der Waals surface area contributed by atoms with Crippen LogP contribution in [0.2, 0.25) is 0 Å². The summed E-state index contributed by atoms with van der Waals surface area (Å²) in [4.78, 5) is 26.9. The minimum atomic E-state index is -0.676. The van der Waals surface area contributed by atoms with Crippen LogP contribution in [-0.2, 0) is 9.59 Å². The topological polar surface area (TPSA) is 75.4 Å². The molecule has 1 fully saturated rings. The van der Waals surface area contributed by atoms with Crippen molar-refractivity contribution in [2.45, 2.75) is 31.3 Å². The highest BCUT2D eigenvalue weighted by Crippen LogP contribution is 2.28. The first-order valence-corrected chi connectivity index (χ1v) is 9.03. The first-order valence-electron chi connectivity index (χ1n) is 9.03. The molecule has 2 aromatic carbocycles. The van der Waals surface area contributed by atoms with E-state index in [1.54, 1.807) is 11.8 Å². The van der Waals surface area contributed by atoms with Crippen molar-refractivity contribution in [1.82, 2.24) is 10.2 Å². The number of hydrogen-bond donors (Lipinski definition) is 2. The van der Waals surface area contributed by atoms with Gasteiger partial charge in [-0.25, -0.2) is 0 Å². The highest BCUT2D eigenvalue weighted by molar-refractivity contribution is 5.89. The monoisotopic (exact) mass is 387 g/mol. The van der Waals surface area contributed by atoms with E-state index in [2.05, 4.69) is 5.32 Å². The van der Waals surface area contributed by atoms with Crippen LogP contribution in [0.1, 0.15) is 36.4 Å². The largest absolute Gasteiger partial charge is 0.341 e. The van der Waals surface area contributed by atoms with E-state index in [1.807, 2.05) is 60.7 Å². The lowest BCUT2D eigenvalue weighted by Gasteiger charge is -2.24. The van der Waals surface area contributed by atoms with Crippen molar-refractivity contribution in [2.75, 3.05) is 13.1 Å². The maximum atomic E-state index is 13.2. The van der Waals surface area contributed by atoms with Gasteiger partial charge in [-0.3, -0.25) is 9.59 Å². The molecule has 3 rings (SSSR count). The van der Waals surface area contributed by atoms with E-state index in [0.29, 0.717) is 19.5 Å². The lowest BCUT2D eigenvalue weighted by molar-refractivity contribution is -0.135. The Labute approximate surface area is 166 Å². The first kappa shape index (κ1) is 20.9. The Bertz CT molecular complexity index is 755. The molecule has 0 radical (unpaired) electrons. The zero-order valence-electron chi connectivity index (χ0n) is 15.4. The molecule has 1 aliphatic heterocycles. The third-order valence-corrected chi connectivity index (χ3v) is 4.91. The Hall–Kier alpha value is -2.37. The van der Waals surface area contributed by atoms with Crippen molar-refractivity contribution in [3.63, 3.8) is 0 Å². The molecule has 3 N–H and O–H groups in total. The van der Waals surface area contributed by atoms with Gasteiger partial charge in [0.25, 0.3) is 0 Å². The van der Waals surface area contributed by atoms with E-state index in [0.717, 1.165) is 11.1 Å². The van der Waals surface area contributed by atoms with Gasteiger partial charge in [0.2, 0.25) is 11.8 Å². The van der Waals surface area contributed by atoms with Gasteiger partial charge in [-0.15, -0.1) is 12.4 Å². The van der Waals surface area contributed by atoms with Crippen molar-refractivity contribution in [3.05, 3.63) is 71.8 Å². The number of amides is 2. The van der Waals surface area contributed by atoms with Crippen LogP contribution in [0, 0.1) is 0 Å². The number of rotatable bonds is 5. The molecular weight excluding hydrogens is 362 g/mol. The molecule has 144 valence electrons. The zero-order valence-corrected chi connectivity index (χ0v) is 16.2. The Balaban J connectivity index is 0.00000261. The van der Waals surface area contributed by atoms with Crippen LogP contribution >= 0.6 is 12.4 Å². The summed E-state index contributed by atoms with van der Waals surface area (Å²) in [6, 6.07) is 18.6. The van der Waals surface area contributed by atoms with Crippen LogP contribution in [0.3, 0.4) is 0 Å². The molecule has 27 heavy (non-hydrogen) atoms. The predicted molar refractivity (Wildman–Crippen MR) is 109 cm³/mol. The number of hydrogen-bond acceptors (Lipinski definition) is 3. The Morgan fingerprint density at radius 1 is 1.07 bits per heavy atom. The Kier molecular flexibility index (Phi) is 7.39. The van der Waals surface area contributed by atoms with Gasteiger partial charge in [0.15, 0.2) is 0 Å². The molecule has 0 aliphatic carbocycles. The summed E-state index contributed by atoms with van der Waals surface area (Å²) in [6.07, 6.45) is 0.336. The summed E-state index contributed by atoms with van der Waals surface area (Å²) < 4.78 is 0. The average molecular weight is 388 g/mol. The van der Waals surface area contributed by atoms with Gasteiger partial charge < -0.3 is 16.0 Å². The van der Waals surface area contributed by atoms with Gasteiger partial charge in [-0.05, 0) is 11.1 Å². The fourth-order valence-electron chi connectivity index (χ4n) is 3.44. The predicted octanol–water partition coefficient (Wildman–Crippen LogP) is 2.63. The van der Waals surface area contributed by atoms with Gasteiger partial charge in [0, 0.05) is 31.5 Å². The van der Waals surface area contributed by atoms with Gasteiger partial charge in [-0.1, -0.05) is 67.6 Å². The molecule has 2 aromatic rings. The molecule has 6 heteroatoms. The number of carbonyl (C=O) groups excluding carboxylic acids is 2. The fraction of sp³-hybridized carbons (Fsp3) is 0.333. The van der Waals surface area contributed by atoms with Gasteiger partial charge in [0.1, 0.15) is 6.04 Å². The molecule has 0 saturated carbocycles. The third-order valence-electron chi connectivity index (χ3n) is 4.91. The Morgan fingerprint density at radius 3 is 2.26 bits per heavy atom. The van der Waals surface area contributed by atoms with Crippen LogP contribution in [-0.4, -0.2) is 35.8 Å². The average Bonchev–Trinajstić information content (AvgIpc) is 3.08. The van der Waals surface area contributed by atoms with Crippen LogP contribution in [0.4, 0.5) is 0 Å². The minimum Gasteiger partial charge on any atom is -0.341 e. The SMILES string of the molecule is CCC(=O)NC(C(=O)N1C[C@@H](N)[C@H](c2ccccc2)C1)c1ccccc1.Cl. The normalized spacial score (nSPS) is 19.9. The van der Waals surface area contributed by atoms with Crippen molar-refractivity contribution in [1.29, 1.82) is 0 Å². The van der Waals surface area contributed by atoms with E-state index in [1.165, 1.54) is 0 Å². The summed E-state index contributed by atoms with van der Waals surface area (Å²) in [5, 5.41) is 2.86. The van der Waals surface area contributed by atoms with Crippen LogP contribution < -0.4 is 11.1 Å². The van der Waals surface area contributed by atoms with Crippen molar-refractivity contribution < 1.29 is 9.59 Å². The van der Waals surface area contributed by atoms with E-state index in [4.69, 9.17) is 5.73 Å². The lowest BCUT2D eigenvalue weighted by Crippen LogP contribution is -2.42. The first-order chi connectivity index (χ1) is 12.6. The zero-order chi connectivity index (χ0) is 18.5. The molecule has 0 spiro atoms. The molecule has 5 nitrogen and oxygen atoms in total. The summed E-state index contributed by atoms with van der Waals surface area (Å²) >= 11 is 0. The van der Waals surface area contributed by atoms with E-state index < -0.39 is 6.04 Å². The van der Waals surface area contributed by atoms with E-state index in [-0.39, 0.29) is 36.2 Å². The number of nitrogens with zero attached hydrogens (tertiary/aromatic N) is 1. The van der Waals surface area contributed by atoms with E-state index >= 15 is 0 Å². The molecule has 3 atom stereocenters. The highest BCUT2D eigenvalue weighted by atomic mass is 35.5. The molecular formula is C21H26ClN3O2. The number of nitrogens with two attached hydrogens (primary N) is 1. The quantitative estimate of drug-likeness (QED) is 0.828. The number of halogens is 1. The summed E-state index contributed by atoms with van der Waals surface area (Å²) in [5.74, 6) is -0.138. The summed E-state index contributed by atoms with van der Waals surface area (Å²) in [7, 11) is 0. The van der Waals surface area contributed by atoms with Crippen LogP contribution in [0.15, 0.2) is 60.7 Å². The second-order valence-corrected chi connectivity index (χ2v) is 6.69. The van der Waals surface area contributed by atoms with Gasteiger partial charge in [-0.2, -0.15) is 0 Å². The fourth-order valence-corrected chi connectivity index (χ4v) is 3.44. The number of nitrogens with one attached hydrogen (secondary N) is 1. The van der Waals surface area contributed by atoms with E-state index in [9.17, 15) is 9.59 Å². The molecule has 1 saturated heterocycles. The van der Waals surface area contributed by atoms with Crippen LogP contribution in [0.25, 0.3) is 0 Å². The number of carbonyl (C=O) groups is 2. The van der Waals surface area contributed by atoms with Gasteiger partial charge in [0.05, 0.1) is 0 Å². The second-order valence-electron chi connectivity index (χ2n) is 6.69.